The van der Waals surface area contributed by atoms with Crippen molar-refractivity contribution >= 4 is 0 Å². The lowest BCUT2D eigenvalue weighted by molar-refractivity contribution is 0.00721. The summed E-state index contributed by atoms with van der Waals surface area (Å²) >= 11 is 0. The Morgan fingerprint density at radius 1 is 1.21 bits per heavy atom. The van der Waals surface area contributed by atoms with Gasteiger partial charge in [0.25, 0.3) is 0 Å². The molecule has 0 bridgehead atoms. The molecular weight excluding hydrogens is 236 g/mol. The summed E-state index contributed by atoms with van der Waals surface area (Å²) in [6, 6.07) is 6.19. The first-order valence-electron chi connectivity index (χ1n) is 7.55. The van der Waals surface area contributed by atoms with Crippen LogP contribution >= 0.6 is 0 Å². The van der Waals surface area contributed by atoms with E-state index in [0.717, 1.165) is 30.4 Å². The molecule has 0 radical (unpaired) electrons. The molecule has 0 aliphatic heterocycles. The summed E-state index contributed by atoms with van der Waals surface area (Å²) in [4.78, 5) is 4.62. The topological polar surface area (TPSA) is 34.1 Å². The lowest BCUT2D eigenvalue weighted by atomic mass is 9.89. The lowest BCUT2D eigenvalue weighted by Gasteiger charge is -2.26. The second-order valence-corrected chi connectivity index (χ2v) is 5.59. The Morgan fingerprint density at radius 3 is 2.68 bits per heavy atom. The zero-order valence-corrected chi connectivity index (χ0v) is 12.2. The van der Waals surface area contributed by atoms with Gasteiger partial charge in [0.15, 0.2) is 0 Å². The molecule has 1 fully saturated rings. The molecule has 0 saturated heterocycles. The Labute approximate surface area is 116 Å². The third-order valence-corrected chi connectivity index (χ3v) is 3.85. The summed E-state index contributed by atoms with van der Waals surface area (Å²) in [6.45, 7) is 6.91. The highest BCUT2D eigenvalue weighted by molar-refractivity contribution is 5.10. The molecule has 3 nitrogen and oxygen atoms in total. The third-order valence-electron chi connectivity index (χ3n) is 3.85. The first-order chi connectivity index (χ1) is 9.28. The molecule has 106 valence electrons. The summed E-state index contributed by atoms with van der Waals surface area (Å²) in [5, 5.41) is 3.30. The number of hydrogen-bond acceptors (Lipinski definition) is 3. The molecule has 2 rings (SSSR count). The summed E-state index contributed by atoms with van der Waals surface area (Å²) < 4.78 is 5.99. The van der Waals surface area contributed by atoms with E-state index in [0.29, 0.717) is 12.7 Å². The van der Waals surface area contributed by atoms with E-state index in [4.69, 9.17) is 4.74 Å². The molecule has 3 heteroatoms. The standard InChI is InChI=1S/C16H26N2O/c1-3-17-11-14-5-4-6-15(18-14)12-19-16-9-7-13(2)8-10-16/h4-6,13,16-17H,3,7-12H2,1-2H3. The zero-order valence-electron chi connectivity index (χ0n) is 12.2. The second-order valence-electron chi connectivity index (χ2n) is 5.59. The van der Waals surface area contributed by atoms with Crippen LogP contribution in [0, 0.1) is 5.92 Å². The van der Waals surface area contributed by atoms with Crippen LogP contribution in [0.3, 0.4) is 0 Å². The number of pyridine rings is 1. The fraction of sp³-hybridized carbons (Fsp3) is 0.688. The van der Waals surface area contributed by atoms with Gasteiger partial charge in [-0.15, -0.1) is 0 Å². The van der Waals surface area contributed by atoms with Gasteiger partial charge in [-0.3, -0.25) is 4.98 Å². The molecule has 0 amide bonds. The predicted molar refractivity (Wildman–Crippen MR) is 77.8 cm³/mol. The van der Waals surface area contributed by atoms with Crippen molar-refractivity contribution in [1.82, 2.24) is 10.3 Å². The molecule has 19 heavy (non-hydrogen) atoms. The maximum Gasteiger partial charge on any atom is 0.0891 e. The maximum atomic E-state index is 5.99. The molecule has 0 atom stereocenters. The maximum absolute atomic E-state index is 5.99. The highest BCUT2D eigenvalue weighted by atomic mass is 16.5. The van der Waals surface area contributed by atoms with Gasteiger partial charge in [-0.05, 0) is 50.3 Å². The molecule has 1 aromatic rings. The van der Waals surface area contributed by atoms with Crippen molar-refractivity contribution < 1.29 is 4.74 Å². The van der Waals surface area contributed by atoms with E-state index in [1.165, 1.54) is 25.7 Å². The summed E-state index contributed by atoms with van der Waals surface area (Å²) in [7, 11) is 0. The molecule has 1 aliphatic rings. The molecule has 0 spiro atoms. The SMILES string of the molecule is CCNCc1cccc(COC2CCC(C)CC2)n1. The monoisotopic (exact) mass is 262 g/mol. The number of ether oxygens (including phenoxy) is 1. The van der Waals surface area contributed by atoms with E-state index >= 15 is 0 Å². The fourth-order valence-electron chi connectivity index (χ4n) is 2.56. The summed E-state index contributed by atoms with van der Waals surface area (Å²) in [6.07, 6.45) is 5.46. The van der Waals surface area contributed by atoms with Gasteiger partial charge in [0.2, 0.25) is 0 Å². The van der Waals surface area contributed by atoms with Gasteiger partial charge in [-0.25, -0.2) is 0 Å². The van der Waals surface area contributed by atoms with Crippen LogP contribution < -0.4 is 5.32 Å². The van der Waals surface area contributed by atoms with Crippen molar-refractivity contribution in [1.29, 1.82) is 0 Å². The molecule has 1 aromatic heterocycles. The zero-order chi connectivity index (χ0) is 13.5. The Balaban J connectivity index is 1.78. The number of hydrogen-bond donors (Lipinski definition) is 1. The van der Waals surface area contributed by atoms with Crippen molar-refractivity contribution in [3.8, 4) is 0 Å². The Kier molecular flexibility index (Phi) is 5.80. The highest BCUT2D eigenvalue weighted by Gasteiger charge is 2.18. The Hall–Kier alpha value is -0.930. The van der Waals surface area contributed by atoms with Crippen LogP contribution in [-0.2, 0) is 17.9 Å². The molecule has 0 aromatic carbocycles. The average molecular weight is 262 g/mol. The van der Waals surface area contributed by atoms with Crippen LogP contribution in [0.15, 0.2) is 18.2 Å². The van der Waals surface area contributed by atoms with Crippen molar-refractivity contribution in [3.63, 3.8) is 0 Å². The van der Waals surface area contributed by atoms with Crippen LogP contribution in [-0.4, -0.2) is 17.6 Å². The molecule has 0 unspecified atom stereocenters. The minimum Gasteiger partial charge on any atom is -0.372 e. The van der Waals surface area contributed by atoms with Crippen LogP contribution in [0.4, 0.5) is 0 Å². The fourth-order valence-corrected chi connectivity index (χ4v) is 2.56. The first kappa shape index (κ1) is 14.5. The van der Waals surface area contributed by atoms with Crippen molar-refractivity contribution in [2.45, 2.75) is 58.8 Å². The van der Waals surface area contributed by atoms with Gasteiger partial charge in [0, 0.05) is 6.54 Å². The van der Waals surface area contributed by atoms with E-state index in [9.17, 15) is 0 Å². The largest absolute Gasteiger partial charge is 0.372 e. The Bertz CT molecular complexity index is 373. The van der Waals surface area contributed by atoms with E-state index in [1.54, 1.807) is 0 Å². The molecule has 1 aliphatic carbocycles. The minimum absolute atomic E-state index is 0.440. The third kappa shape index (κ3) is 4.92. The van der Waals surface area contributed by atoms with Gasteiger partial charge in [0.05, 0.1) is 24.1 Å². The first-order valence-corrected chi connectivity index (χ1v) is 7.55. The van der Waals surface area contributed by atoms with E-state index < -0.39 is 0 Å². The van der Waals surface area contributed by atoms with E-state index in [1.807, 2.05) is 0 Å². The molecule has 1 N–H and O–H groups in total. The van der Waals surface area contributed by atoms with Gasteiger partial charge < -0.3 is 10.1 Å². The van der Waals surface area contributed by atoms with Crippen LogP contribution in [0.5, 0.6) is 0 Å². The normalized spacial score (nSPS) is 23.5. The van der Waals surface area contributed by atoms with Gasteiger partial charge in [0.1, 0.15) is 0 Å². The van der Waals surface area contributed by atoms with Gasteiger partial charge >= 0.3 is 0 Å². The van der Waals surface area contributed by atoms with Crippen LogP contribution in [0.2, 0.25) is 0 Å². The van der Waals surface area contributed by atoms with Crippen molar-refractivity contribution in [3.05, 3.63) is 29.6 Å². The summed E-state index contributed by atoms with van der Waals surface area (Å²) in [5.41, 5.74) is 2.15. The number of nitrogens with one attached hydrogen (secondary N) is 1. The van der Waals surface area contributed by atoms with E-state index in [2.05, 4.69) is 42.3 Å². The van der Waals surface area contributed by atoms with Crippen molar-refractivity contribution in [2.75, 3.05) is 6.54 Å². The van der Waals surface area contributed by atoms with Crippen LogP contribution in [0.25, 0.3) is 0 Å². The highest BCUT2D eigenvalue weighted by Crippen LogP contribution is 2.25. The minimum atomic E-state index is 0.440. The van der Waals surface area contributed by atoms with Gasteiger partial charge in [-0.1, -0.05) is 19.9 Å². The van der Waals surface area contributed by atoms with E-state index in [-0.39, 0.29) is 0 Å². The smallest absolute Gasteiger partial charge is 0.0891 e. The average Bonchev–Trinajstić information content (AvgIpc) is 2.45. The predicted octanol–water partition coefficient (Wildman–Crippen LogP) is 3.29. The second kappa shape index (κ2) is 7.61. The van der Waals surface area contributed by atoms with Crippen LogP contribution in [0.1, 0.15) is 50.9 Å². The number of rotatable bonds is 6. The Morgan fingerprint density at radius 2 is 1.95 bits per heavy atom. The molecule has 1 saturated carbocycles. The summed E-state index contributed by atoms with van der Waals surface area (Å²) in [5.74, 6) is 0.876. The molecule has 1 heterocycles. The van der Waals surface area contributed by atoms with Crippen molar-refractivity contribution in [2.24, 2.45) is 5.92 Å². The quantitative estimate of drug-likeness (QED) is 0.854. The lowest BCUT2D eigenvalue weighted by Crippen LogP contribution is -2.20. The molecular formula is C16H26N2O. The number of nitrogens with zero attached hydrogens (tertiary/aromatic N) is 1. The number of aromatic nitrogens is 1. The van der Waals surface area contributed by atoms with Gasteiger partial charge in [-0.2, -0.15) is 0 Å².